The van der Waals surface area contributed by atoms with Crippen LogP contribution in [0.4, 0.5) is 0 Å². The minimum absolute atomic E-state index is 0.0739. The molecule has 5 heteroatoms. The van der Waals surface area contributed by atoms with Crippen molar-refractivity contribution in [2.75, 3.05) is 13.1 Å². The van der Waals surface area contributed by atoms with E-state index in [0.29, 0.717) is 12.0 Å². The predicted molar refractivity (Wildman–Crippen MR) is 89.6 cm³/mol. The lowest BCUT2D eigenvalue weighted by atomic mass is 9.89. The molecular formula is C17H33N3O2. The third-order valence-electron chi connectivity index (χ3n) is 4.67. The zero-order valence-corrected chi connectivity index (χ0v) is 14.8. The van der Waals surface area contributed by atoms with Crippen LogP contribution in [0.5, 0.6) is 0 Å². The number of carbonyl (C=O) groups excluding carboxylic acids is 2. The quantitative estimate of drug-likeness (QED) is 0.755. The van der Waals surface area contributed by atoms with Crippen molar-refractivity contribution < 1.29 is 9.59 Å². The molecule has 1 aliphatic rings. The number of carbonyl (C=O) groups is 2. The molecule has 0 aromatic carbocycles. The molecule has 128 valence electrons. The standard InChI is InChI=1S/C17H33N3O2/c1-6-8-12(3)18-17(22)13(4)19-16-9-10-20(14(5)21)11-15(16)7-2/h12-13,15-16,19H,6-11H2,1-5H3,(H,18,22)/t12-,13-,15+,16-/m0/s1. The Morgan fingerprint density at radius 1 is 1.27 bits per heavy atom. The SMILES string of the molecule is CCC[C@H](C)NC(=O)[C@H](C)N[C@H]1CCN(C(C)=O)C[C@H]1CC. The molecular weight excluding hydrogens is 278 g/mol. The summed E-state index contributed by atoms with van der Waals surface area (Å²) >= 11 is 0. The lowest BCUT2D eigenvalue weighted by Gasteiger charge is -2.39. The first kappa shape index (κ1) is 18.9. The topological polar surface area (TPSA) is 61.4 Å². The number of nitrogens with one attached hydrogen (secondary N) is 2. The summed E-state index contributed by atoms with van der Waals surface area (Å²) in [4.78, 5) is 25.7. The van der Waals surface area contributed by atoms with Gasteiger partial charge in [-0.05, 0) is 32.6 Å². The van der Waals surface area contributed by atoms with E-state index in [1.54, 1.807) is 6.92 Å². The van der Waals surface area contributed by atoms with Gasteiger partial charge in [-0.15, -0.1) is 0 Å². The van der Waals surface area contributed by atoms with Gasteiger partial charge in [0.05, 0.1) is 6.04 Å². The van der Waals surface area contributed by atoms with Crippen molar-refractivity contribution in [1.29, 1.82) is 0 Å². The maximum absolute atomic E-state index is 12.2. The Bertz CT molecular complexity index is 373. The van der Waals surface area contributed by atoms with Crippen molar-refractivity contribution >= 4 is 11.8 Å². The highest BCUT2D eigenvalue weighted by atomic mass is 16.2. The number of hydrogen-bond acceptors (Lipinski definition) is 3. The number of nitrogens with zero attached hydrogens (tertiary/aromatic N) is 1. The largest absolute Gasteiger partial charge is 0.352 e. The number of piperidine rings is 1. The van der Waals surface area contributed by atoms with Gasteiger partial charge in [0.25, 0.3) is 0 Å². The Balaban J connectivity index is 2.50. The lowest BCUT2D eigenvalue weighted by Crippen LogP contribution is -2.55. The summed E-state index contributed by atoms with van der Waals surface area (Å²) in [6.45, 7) is 11.5. The fourth-order valence-electron chi connectivity index (χ4n) is 3.22. The van der Waals surface area contributed by atoms with Gasteiger partial charge in [-0.3, -0.25) is 9.59 Å². The predicted octanol–water partition coefficient (Wildman–Crippen LogP) is 1.92. The van der Waals surface area contributed by atoms with E-state index in [0.717, 1.165) is 38.8 Å². The fraction of sp³-hybridized carbons (Fsp3) is 0.882. The van der Waals surface area contributed by atoms with E-state index in [1.165, 1.54) is 0 Å². The van der Waals surface area contributed by atoms with Crippen LogP contribution < -0.4 is 10.6 Å². The van der Waals surface area contributed by atoms with E-state index in [1.807, 2.05) is 18.7 Å². The van der Waals surface area contributed by atoms with E-state index in [2.05, 4.69) is 24.5 Å². The van der Waals surface area contributed by atoms with E-state index < -0.39 is 0 Å². The summed E-state index contributed by atoms with van der Waals surface area (Å²) in [7, 11) is 0. The van der Waals surface area contributed by atoms with Crippen LogP contribution >= 0.6 is 0 Å². The molecule has 5 nitrogen and oxygen atoms in total. The smallest absolute Gasteiger partial charge is 0.237 e. The minimum Gasteiger partial charge on any atom is -0.352 e. The van der Waals surface area contributed by atoms with Crippen LogP contribution in [0.1, 0.15) is 60.3 Å². The molecule has 4 atom stereocenters. The number of amides is 2. The van der Waals surface area contributed by atoms with Crippen LogP contribution in [-0.4, -0.2) is 47.9 Å². The molecule has 1 aliphatic heterocycles. The summed E-state index contributed by atoms with van der Waals surface area (Å²) < 4.78 is 0. The van der Waals surface area contributed by atoms with Gasteiger partial charge in [-0.2, -0.15) is 0 Å². The van der Waals surface area contributed by atoms with Crippen LogP contribution in [0.2, 0.25) is 0 Å². The third kappa shape index (κ3) is 5.59. The molecule has 0 saturated carbocycles. The summed E-state index contributed by atoms with van der Waals surface area (Å²) in [6.07, 6.45) is 4.01. The molecule has 1 fully saturated rings. The first-order valence-corrected chi connectivity index (χ1v) is 8.70. The molecule has 1 rings (SSSR count). The molecule has 0 aliphatic carbocycles. The van der Waals surface area contributed by atoms with Crippen molar-refractivity contribution in [3.05, 3.63) is 0 Å². The molecule has 1 saturated heterocycles. The van der Waals surface area contributed by atoms with Gasteiger partial charge in [0, 0.05) is 32.1 Å². The maximum atomic E-state index is 12.2. The highest BCUT2D eigenvalue weighted by molar-refractivity contribution is 5.81. The second-order valence-corrected chi connectivity index (χ2v) is 6.62. The maximum Gasteiger partial charge on any atom is 0.237 e. The van der Waals surface area contributed by atoms with Gasteiger partial charge in [0.1, 0.15) is 0 Å². The number of rotatable bonds is 7. The van der Waals surface area contributed by atoms with E-state index in [-0.39, 0.29) is 23.9 Å². The summed E-state index contributed by atoms with van der Waals surface area (Å²) in [5.41, 5.74) is 0. The Morgan fingerprint density at radius 3 is 2.50 bits per heavy atom. The van der Waals surface area contributed by atoms with Gasteiger partial charge in [-0.25, -0.2) is 0 Å². The van der Waals surface area contributed by atoms with Crippen LogP contribution in [-0.2, 0) is 9.59 Å². The van der Waals surface area contributed by atoms with Crippen LogP contribution in [0.3, 0.4) is 0 Å². The molecule has 0 spiro atoms. The average Bonchev–Trinajstić information content (AvgIpc) is 2.47. The van der Waals surface area contributed by atoms with Crippen molar-refractivity contribution in [3.8, 4) is 0 Å². The minimum atomic E-state index is -0.192. The molecule has 2 amide bonds. The molecule has 0 aromatic rings. The highest BCUT2D eigenvalue weighted by Crippen LogP contribution is 2.20. The van der Waals surface area contributed by atoms with Gasteiger partial charge in [0.15, 0.2) is 0 Å². The summed E-state index contributed by atoms with van der Waals surface area (Å²) in [5.74, 6) is 0.641. The molecule has 0 bridgehead atoms. The molecule has 0 unspecified atom stereocenters. The normalized spacial score (nSPS) is 24.7. The Hall–Kier alpha value is -1.10. The van der Waals surface area contributed by atoms with Gasteiger partial charge >= 0.3 is 0 Å². The summed E-state index contributed by atoms with van der Waals surface area (Å²) in [5, 5.41) is 6.54. The van der Waals surface area contributed by atoms with E-state index in [4.69, 9.17) is 0 Å². The molecule has 2 N–H and O–H groups in total. The van der Waals surface area contributed by atoms with Crippen molar-refractivity contribution in [3.63, 3.8) is 0 Å². The Labute approximate surface area is 135 Å². The highest BCUT2D eigenvalue weighted by Gasteiger charge is 2.31. The number of hydrogen-bond donors (Lipinski definition) is 2. The zero-order chi connectivity index (χ0) is 16.7. The van der Waals surface area contributed by atoms with Gasteiger partial charge in [0.2, 0.25) is 11.8 Å². The van der Waals surface area contributed by atoms with Gasteiger partial charge < -0.3 is 15.5 Å². The fourth-order valence-corrected chi connectivity index (χ4v) is 3.22. The monoisotopic (exact) mass is 311 g/mol. The molecule has 22 heavy (non-hydrogen) atoms. The van der Waals surface area contributed by atoms with Crippen LogP contribution in [0.15, 0.2) is 0 Å². The van der Waals surface area contributed by atoms with Crippen molar-refractivity contribution in [2.24, 2.45) is 5.92 Å². The van der Waals surface area contributed by atoms with E-state index >= 15 is 0 Å². The first-order valence-electron chi connectivity index (χ1n) is 8.70. The van der Waals surface area contributed by atoms with Gasteiger partial charge in [-0.1, -0.05) is 26.7 Å². The molecule has 0 radical (unpaired) electrons. The Kier molecular flexibility index (Phi) is 7.87. The zero-order valence-electron chi connectivity index (χ0n) is 14.8. The summed E-state index contributed by atoms with van der Waals surface area (Å²) in [6, 6.07) is 0.341. The van der Waals surface area contributed by atoms with Crippen molar-refractivity contribution in [2.45, 2.75) is 78.4 Å². The van der Waals surface area contributed by atoms with Crippen LogP contribution in [0, 0.1) is 5.92 Å². The molecule has 0 aromatic heterocycles. The Morgan fingerprint density at radius 2 is 1.95 bits per heavy atom. The lowest BCUT2D eigenvalue weighted by molar-refractivity contribution is -0.131. The number of likely N-dealkylation sites (tertiary alicyclic amines) is 1. The molecule has 1 heterocycles. The van der Waals surface area contributed by atoms with Crippen molar-refractivity contribution in [1.82, 2.24) is 15.5 Å². The second kappa shape index (κ2) is 9.13. The van der Waals surface area contributed by atoms with E-state index in [9.17, 15) is 9.59 Å². The third-order valence-corrected chi connectivity index (χ3v) is 4.67. The second-order valence-electron chi connectivity index (χ2n) is 6.62. The first-order chi connectivity index (χ1) is 10.4. The average molecular weight is 311 g/mol. The van der Waals surface area contributed by atoms with Crippen LogP contribution in [0.25, 0.3) is 0 Å².